The maximum Gasteiger partial charge on any atom is 0.238 e. The quantitative estimate of drug-likeness (QED) is 0.675. The molecule has 1 amide bonds. The van der Waals surface area contributed by atoms with E-state index >= 15 is 0 Å². The molecule has 0 radical (unpaired) electrons. The van der Waals surface area contributed by atoms with Gasteiger partial charge in [-0.1, -0.05) is 24.3 Å². The van der Waals surface area contributed by atoms with Crippen LogP contribution >= 0.6 is 11.3 Å². The number of hydrogen-bond donors (Lipinski definition) is 3. The van der Waals surface area contributed by atoms with E-state index in [4.69, 9.17) is 0 Å². The highest BCUT2D eigenvalue weighted by atomic mass is 32.1. The molecule has 5 nitrogen and oxygen atoms in total. The summed E-state index contributed by atoms with van der Waals surface area (Å²) >= 11 is 1.72. The van der Waals surface area contributed by atoms with E-state index in [1.165, 1.54) is 10.6 Å². The Morgan fingerprint density at radius 3 is 2.83 bits per heavy atom. The third-order valence-electron chi connectivity index (χ3n) is 4.27. The molecule has 1 fully saturated rings. The largest absolute Gasteiger partial charge is 0.375 e. The molecule has 1 aromatic heterocycles. The average Bonchev–Trinajstić information content (AvgIpc) is 3.30. The first kappa shape index (κ1) is 17.0. The van der Waals surface area contributed by atoms with Crippen LogP contribution in [0.2, 0.25) is 0 Å². The van der Waals surface area contributed by atoms with Crippen molar-refractivity contribution in [2.24, 2.45) is 0 Å². The van der Waals surface area contributed by atoms with Crippen LogP contribution in [0, 0.1) is 0 Å². The van der Waals surface area contributed by atoms with Crippen LogP contribution in [0.15, 0.2) is 47.8 Å². The molecule has 0 bridgehead atoms. The molecule has 6 heteroatoms. The highest BCUT2D eigenvalue weighted by Gasteiger charge is 2.30. The van der Waals surface area contributed by atoms with E-state index in [0.717, 1.165) is 19.4 Å². The van der Waals surface area contributed by atoms with Gasteiger partial charge in [0.15, 0.2) is 0 Å². The number of amides is 1. The van der Waals surface area contributed by atoms with Gasteiger partial charge in [0.1, 0.15) is 6.04 Å². The van der Waals surface area contributed by atoms with Crippen LogP contribution in [0.4, 0.5) is 5.69 Å². The second-order valence-corrected chi connectivity index (χ2v) is 7.03. The van der Waals surface area contributed by atoms with Crippen molar-refractivity contribution >= 4 is 22.9 Å². The topological polar surface area (TPSA) is 56.4 Å². The number of carbonyl (C=O) groups excluding carboxylic acids is 1. The fraction of sp³-hybridized carbons (Fsp3) is 0.389. The second-order valence-electron chi connectivity index (χ2n) is 6.05. The van der Waals surface area contributed by atoms with Gasteiger partial charge in [-0.25, -0.2) is 10.9 Å². The number of thiophene rings is 1. The first-order valence-corrected chi connectivity index (χ1v) is 9.20. The van der Waals surface area contributed by atoms with E-state index in [1.807, 2.05) is 24.3 Å². The second kappa shape index (κ2) is 8.28. The predicted octanol–water partition coefficient (Wildman–Crippen LogP) is 2.30. The molecular formula is C18H24N4OS. The van der Waals surface area contributed by atoms with Crippen LogP contribution in [0.3, 0.4) is 0 Å². The Kier molecular flexibility index (Phi) is 5.85. The van der Waals surface area contributed by atoms with Crippen molar-refractivity contribution in [1.29, 1.82) is 0 Å². The number of carbonyl (C=O) groups is 1. The SMILES string of the molecule is CN(CCCNC(=O)C1CC(c2cccs2)NN1)c1ccccc1. The van der Waals surface area contributed by atoms with E-state index in [9.17, 15) is 4.79 Å². The molecule has 2 unspecified atom stereocenters. The fourth-order valence-electron chi connectivity index (χ4n) is 2.87. The summed E-state index contributed by atoms with van der Waals surface area (Å²) in [7, 11) is 2.07. The van der Waals surface area contributed by atoms with E-state index < -0.39 is 0 Å². The average molecular weight is 344 g/mol. The van der Waals surface area contributed by atoms with Gasteiger partial charge in [0, 0.05) is 30.7 Å². The van der Waals surface area contributed by atoms with Crippen LogP contribution in [0.5, 0.6) is 0 Å². The van der Waals surface area contributed by atoms with E-state index in [1.54, 1.807) is 11.3 Å². The van der Waals surface area contributed by atoms with Crippen LogP contribution in [0.1, 0.15) is 23.8 Å². The Hall–Kier alpha value is -1.89. The molecule has 24 heavy (non-hydrogen) atoms. The van der Waals surface area contributed by atoms with Gasteiger partial charge in [-0.3, -0.25) is 4.79 Å². The summed E-state index contributed by atoms with van der Waals surface area (Å²) in [5.74, 6) is 0.0731. The zero-order valence-corrected chi connectivity index (χ0v) is 14.7. The third kappa shape index (κ3) is 4.35. The smallest absolute Gasteiger partial charge is 0.238 e. The molecule has 3 N–H and O–H groups in total. The van der Waals surface area contributed by atoms with E-state index in [-0.39, 0.29) is 18.0 Å². The first-order chi connectivity index (χ1) is 11.7. The van der Waals surface area contributed by atoms with Gasteiger partial charge >= 0.3 is 0 Å². The van der Waals surface area contributed by atoms with Crippen molar-refractivity contribution in [3.05, 3.63) is 52.7 Å². The highest BCUT2D eigenvalue weighted by Crippen LogP contribution is 2.25. The van der Waals surface area contributed by atoms with Crippen molar-refractivity contribution < 1.29 is 4.79 Å². The normalized spacial score (nSPS) is 20.0. The lowest BCUT2D eigenvalue weighted by Crippen LogP contribution is -2.43. The van der Waals surface area contributed by atoms with Gasteiger partial charge in [-0.05, 0) is 36.4 Å². The van der Waals surface area contributed by atoms with Gasteiger partial charge in [0.05, 0.1) is 6.04 Å². The molecular weight excluding hydrogens is 320 g/mol. The lowest BCUT2D eigenvalue weighted by atomic mass is 10.1. The minimum Gasteiger partial charge on any atom is -0.375 e. The minimum absolute atomic E-state index is 0.0731. The molecule has 128 valence electrons. The van der Waals surface area contributed by atoms with Gasteiger partial charge < -0.3 is 10.2 Å². The van der Waals surface area contributed by atoms with Crippen molar-refractivity contribution in [3.63, 3.8) is 0 Å². The van der Waals surface area contributed by atoms with Crippen molar-refractivity contribution in [2.75, 3.05) is 25.0 Å². The molecule has 0 aliphatic carbocycles. The third-order valence-corrected chi connectivity index (χ3v) is 5.26. The number of hydrogen-bond acceptors (Lipinski definition) is 5. The summed E-state index contributed by atoms with van der Waals surface area (Å²) < 4.78 is 0. The maximum absolute atomic E-state index is 12.3. The van der Waals surface area contributed by atoms with Crippen LogP contribution in [-0.2, 0) is 4.79 Å². The van der Waals surface area contributed by atoms with Crippen molar-refractivity contribution in [1.82, 2.24) is 16.2 Å². The van der Waals surface area contributed by atoms with E-state index in [2.05, 4.69) is 51.7 Å². The number of anilines is 1. The number of benzene rings is 1. The summed E-state index contributed by atoms with van der Waals surface area (Å²) in [5, 5.41) is 5.10. The lowest BCUT2D eigenvalue weighted by molar-refractivity contribution is -0.122. The monoisotopic (exact) mass is 344 g/mol. The highest BCUT2D eigenvalue weighted by molar-refractivity contribution is 7.10. The molecule has 2 heterocycles. The Balaban J connectivity index is 1.36. The molecule has 1 aliphatic heterocycles. The van der Waals surface area contributed by atoms with Crippen LogP contribution in [0.25, 0.3) is 0 Å². The molecule has 0 saturated carbocycles. The fourth-order valence-corrected chi connectivity index (χ4v) is 3.66. The molecule has 0 spiro atoms. The maximum atomic E-state index is 12.3. The molecule has 1 aromatic carbocycles. The zero-order valence-electron chi connectivity index (χ0n) is 13.9. The van der Waals surface area contributed by atoms with E-state index in [0.29, 0.717) is 6.54 Å². The van der Waals surface area contributed by atoms with Crippen LogP contribution < -0.4 is 21.1 Å². The lowest BCUT2D eigenvalue weighted by Gasteiger charge is -2.19. The Labute approximate surface area is 147 Å². The summed E-state index contributed by atoms with van der Waals surface area (Å²) in [5.41, 5.74) is 7.51. The molecule has 2 aromatic rings. The number of rotatable bonds is 7. The molecule has 3 rings (SSSR count). The number of nitrogens with one attached hydrogen (secondary N) is 3. The molecule has 1 saturated heterocycles. The standard InChI is InChI=1S/C18H24N4OS/c1-22(14-7-3-2-4-8-14)11-6-10-19-18(23)16-13-15(20-21-16)17-9-5-12-24-17/h2-5,7-9,12,15-16,20-21H,6,10-11,13H2,1H3,(H,19,23). The Bertz CT molecular complexity index is 632. The Morgan fingerprint density at radius 2 is 2.08 bits per heavy atom. The van der Waals surface area contributed by atoms with Crippen molar-refractivity contribution in [2.45, 2.75) is 24.9 Å². The molecule has 2 atom stereocenters. The summed E-state index contributed by atoms with van der Waals surface area (Å²) in [6.07, 6.45) is 1.71. The summed E-state index contributed by atoms with van der Waals surface area (Å²) in [6.45, 7) is 1.61. The Morgan fingerprint density at radius 1 is 1.25 bits per heavy atom. The van der Waals surface area contributed by atoms with Gasteiger partial charge in [-0.2, -0.15) is 0 Å². The van der Waals surface area contributed by atoms with Crippen LogP contribution in [-0.4, -0.2) is 32.1 Å². The van der Waals surface area contributed by atoms with Gasteiger partial charge in [-0.15, -0.1) is 11.3 Å². The van der Waals surface area contributed by atoms with Crippen molar-refractivity contribution in [3.8, 4) is 0 Å². The number of para-hydroxylation sites is 1. The summed E-state index contributed by atoms with van der Waals surface area (Å²) in [4.78, 5) is 15.7. The number of hydrazine groups is 1. The molecule has 1 aliphatic rings. The summed E-state index contributed by atoms with van der Waals surface area (Å²) in [6, 6.07) is 14.5. The van der Waals surface area contributed by atoms with Gasteiger partial charge in [0.25, 0.3) is 0 Å². The first-order valence-electron chi connectivity index (χ1n) is 8.32. The number of nitrogens with zero attached hydrogens (tertiary/aromatic N) is 1. The zero-order chi connectivity index (χ0) is 16.8. The van der Waals surface area contributed by atoms with Gasteiger partial charge in [0.2, 0.25) is 5.91 Å². The predicted molar refractivity (Wildman–Crippen MR) is 99.1 cm³/mol. The minimum atomic E-state index is -0.163.